The van der Waals surface area contributed by atoms with Crippen molar-refractivity contribution in [1.82, 2.24) is 4.98 Å². The fraction of sp³-hybridized carbons (Fsp3) is 0.455. The molecule has 2 unspecified atom stereocenters. The van der Waals surface area contributed by atoms with Gasteiger partial charge in [0.25, 0.3) is 0 Å². The first-order valence-electron chi connectivity index (χ1n) is 5.12. The van der Waals surface area contributed by atoms with Crippen LogP contribution in [0.3, 0.4) is 0 Å². The summed E-state index contributed by atoms with van der Waals surface area (Å²) in [6.45, 7) is 3.58. The molecule has 1 aromatic rings. The minimum absolute atomic E-state index is 0.000463. The van der Waals surface area contributed by atoms with Crippen LogP contribution in [0, 0.1) is 0 Å². The Bertz CT molecular complexity index is 366. The molecule has 1 heterocycles. The second-order valence-electron chi connectivity index (χ2n) is 3.86. The lowest BCUT2D eigenvalue weighted by Crippen LogP contribution is -2.22. The van der Waals surface area contributed by atoms with Crippen LogP contribution in [0.4, 0.5) is 5.69 Å². The van der Waals surface area contributed by atoms with Crippen LogP contribution < -0.4 is 5.32 Å². The number of anilines is 1. The molecule has 0 fully saturated rings. The van der Waals surface area contributed by atoms with Crippen molar-refractivity contribution in [3.8, 4) is 0 Å². The molecule has 1 rings (SSSR count). The number of aromatic nitrogens is 1. The molecule has 0 amide bonds. The minimum Gasteiger partial charge on any atom is -0.478 e. The van der Waals surface area contributed by atoms with E-state index in [1.54, 1.807) is 13.0 Å². The Morgan fingerprint density at radius 1 is 1.56 bits per heavy atom. The number of aliphatic hydroxyl groups excluding tert-OH is 1. The van der Waals surface area contributed by atoms with Crippen LogP contribution in [0.15, 0.2) is 18.5 Å². The van der Waals surface area contributed by atoms with Crippen LogP contribution in [0.5, 0.6) is 0 Å². The number of carboxylic acid groups (broad SMARTS) is 1. The molecule has 16 heavy (non-hydrogen) atoms. The fourth-order valence-corrected chi connectivity index (χ4v) is 1.53. The Kier molecular flexibility index (Phi) is 4.25. The summed E-state index contributed by atoms with van der Waals surface area (Å²) in [5.74, 6) is -1.01. The van der Waals surface area contributed by atoms with E-state index in [1.165, 1.54) is 12.4 Å². The zero-order valence-electron chi connectivity index (χ0n) is 9.34. The van der Waals surface area contributed by atoms with E-state index in [-0.39, 0.29) is 11.6 Å². The van der Waals surface area contributed by atoms with Gasteiger partial charge in [-0.3, -0.25) is 4.98 Å². The first kappa shape index (κ1) is 12.4. The zero-order valence-corrected chi connectivity index (χ0v) is 9.34. The highest BCUT2D eigenvalue weighted by atomic mass is 16.4. The summed E-state index contributed by atoms with van der Waals surface area (Å²) < 4.78 is 0. The van der Waals surface area contributed by atoms with E-state index in [0.29, 0.717) is 12.1 Å². The van der Waals surface area contributed by atoms with Gasteiger partial charge in [-0.15, -0.1) is 0 Å². The van der Waals surface area contributed by atoms with Gasteiger partial charge in [0.2, 0.25) is 0 Å². The van der Waals surface area contributed by atoms with E-state index in [1.807, 2.05) is 6.92 Å². The van der Waals surface area contributed by atoms with Gasteiger partial charge in [-0.1, -0.05) is 0 Å². The standard InChI is InChI=1S/C11H16N2O3/c1-7(5-8(2)14)13-10-3-4-12-6-9(10)11(15)16/h3-4,6-8,14H,5H2,1-2H3,(H,12,13)(H,15,16). The summed E-state index contributed by atoms with van der Waals surface area (Å²) in [7, 11) is 0. The van der Waals surface area contributed by atoms with Crippen molar-refractivity contribution in [3.05, 3.63) is 24.0 Å². The van der Waals surface area contributed by atoms with Crippen molar-refractivity contribution in [2.75, 3.05) is 5.32 Å². The zero-order chi connectivity index (χ0) is 12.1. The third-order valence-corrected chi connectivity index (χ3v) is 2.15. The number of carbonyl (C=O) groups is 1. The van der Waals surface area contributed by atoms with Gasteiger partial charge in [-0.25, -0.2) is 4.79 Å². The van der Waals surface area contributed by atoms with E-state index in [0.717, 1.165) is 0 Å². The largest absolute Gasteiger partial charge is 0.478 e. The molecule has 0 spiro atoms. The summed E-state index contributed by atoms with van der Waals surface area (Å²) in [6.07, 6.45) is 2.97. The first-order chi connectivity index (χ1) is 7.50. The number of pyridine rings is 1. The number of carboxylic acids is 1. The molecule has 0 bridgehead atoms. The molecule has 0 aliphatic carbocycles. The van der Waals surface area contributed by atoms with E-state index in [4.69, 9.17) is 5.11 Å². The number of hydrogen-bond acceptors (Lipinski definition) is 4. The Hall–Kier alpha value is -1.62. The lowest BCUT2D eigenvalue weighted by Gasteiger charge is -2.17. The average molecular weight is 224 g/mol. The maximum absolute atomic E-state index is 10.9. The van der Waals surface area contributed by atoms with Crippen LogP contribution >= 0.6 is 0 Å². The summed E-state index contributed by atoms with van der Waals surface area (Å²) in [5, 5.41) is 21.2. The number of nitrogens with one attached hydrogen (secondary N) is 1. The Labute approximate surface area is 94.1 Å². The highest BCUT2D eigenvalue weighted by Gasteiger charge is 2.12. The molecule has 2 atom stereocenters. The maximum Gasteiger partial charge on any atom is 0.339 e. The fourth-order valence-electron chi connectivity index (χ4n) is 1.53. The van der Waals surface area contributed by atoms with Gasteiger partial charge in [0.1, 0.15) is 5.56 Å². The van der Waals surface area contributed by atoms with Gasteiger partial charge in [0.05, 0.1) is 11.8 Å². The quantitative estimate of drug-likeness (QED) is 0.703. The monoisotopic (exact) mass is 224 g/mol. The topological polar surface area (TPSA) is 82.5 Å². The summed E-state index contributed by atoms with van der Waals surface area (Å²) >= 11 is 0. The van der Waals surface area contributed by atoms with Crippen molar-refractivity contribution in [1.29, 1.82) is 0 Å². The van der Waals surface area contributed by atoms with Crippen molar-refractivity contribution >= 4 is 11.7 Å². The molecular weight excluding hydrogens is 208 g/mol. The Balaban J connectivity index is 2.76. The van der Waals surface area contributed by atoms with Crippen LogP contribution in [0.25, 0.3) is 0 Å². The van der Waals surface area contributed by atoms with Crippen molar-refractivity contribution in [2.45, 2.75) is 32.4 Å². The number of aromatic carboxylic acids is 1. The van der Waals surface area contributed by atoms with Gasteiger partial charge in [-0.05, 0) is 26.3 Å². The van der Waals surface area contributed by atoms with Gasteiger partial charge >= 0.3 is 5.97 Å². The predicted molar refractivity (Wildman–Crippen MR) is 60.6 cm³/mol. The van der Waals surface area contributed by atoms with E-state index < -0.39 is 12.1 Å². The number of aliphatic hydroxyl groups is 1. The maximum atomic E-state index is 10.9. The third kappa shape index (κ3) is 3.51. The van der Waals surface area contributed by atoms with Crippen LogP contribution in [-0.4, -0.2) is 33.3 Å². The van der Waals surface area contributed by atoms with Crippen molar-refractivity contribution in [3.63, 3.8) is 0 Å². The molecule has 5 nitrogen and oxygen atoms in total. The second kappa shape index (κ2) is 5.46. The SMILES string of the molecule is CC(O)CC(C)Nc1ccncc1C(=O)O. The lowest BCUT2D eigenvalue weighted by atomic mass is 10.1. The molecule has 5 heteroatoms. The van der Waals surface area contributed by atoms with Crippen molar-refractivity contribution < 1.29 is 15.0 Å². The normalized spacial score (nSPS) is 14.2. The van der Waals surface area contributed by atoms with Crippen molar-refractivity contribution in [2.24, 2.45) is 0 Å². The Morgan fingerprint density at radius 3 is 2.81 bits per heavy atom. The molecule has 0 aliphatic heterocycles. The number of rotatable bonds is 5. The van der Waals surface area contributed by atoms with Gasteiger partial charge in [0.15, 0.2) is 0 Å². The van der Waals surface area contributed by atoms with Gasteiger partial charge in [-0.2, -0.15) is 0 Å². The predicted octanol–water partition coefficient (Wildman–Crippen LogP) is 1.35. The Morgan fingerprint density at radius 2 is 2.25 bits per heavy atom. The smallest absolute Gasteiger partial charge is 0.339 e. The molecular formula is C11H16N2O3. The molecule has 0 radical (unpaired) electrons. The molecule has 0 saturated heterocycles. The van der Waals surface area contributed by atoms with Crippen LogP contribution in [-0.2, 0) is 0 Å². The van der Waals surface area contributed by atoms with Crippen LogP contribution in [0.1, 0.15) is 30.6 Å². The highest BCUT2D eigenvalue weighted by molar-refractivity contribution is 5.93. The highest BCUT2D eigenvalue weighted by Crippen LogP contribution is 2.15. The number of hydrogen-bond donors (Lipinski definition) is 3. The van der Waals surface area contributed by atoms with Gasteiger partial charge < -0.3 is 15.5 Å². The second-order valence-corrected chi connectivity index (χ2v) is 3.86. The molecule has 1 aromatic heterocycles. The molecule has 0 aromatic carbocycles. The van der Waals surface area contributed by atoms with E-state index >= 15 is 0 Å². The molecule has 88 valence electrons. The third-order valence-electron chi connectivity index (χ3n) is 2.15. The summed E-state index contributed by atoms with van der Waals surface area (Å²) in [6, 6.07) is 1.61. The van der Waals surface area contributed by atoms with Crippen LogP contribution in [0.2, 0.25) is 0 Å². The average Bonchev–Trinajstić information content (AvgIpc) is 2.16. The minimum atomic E-state index is -1.01. The summed E-state index contributed by atoms with van der Waals surface area (Å²) in [5.41, 5.74) is 0.663. The number of nitrogens with zero attached hydrogens (tertiary/aromatic N) is 1. The van der Waals surface area contributed by atoms with E-state index in [2.05, 4.69) is 10.3 Å². The molecule has 0 saturated carbocycles. The molecule has 0 aliphatic rings. The first-order valence-corrected chi connectivity index (χ1v) is 5.12. The van der Waals surface area contributed by atoms with Gasteiger partial charge in [0, 0.05) is 18.4 Å². The summed E-state index contributed by atoms with van der Waals surface area (Å²) in [4.78, 5) is 14.7. The molecule has 3 N–H and O–H groups in total. The van der Waals surface area contributed by atoms with E-state index in [9.17, 15) is 9.90 Å². The lowest BCUT2D eigenvalue weighted by molar-refractivity contribution is 0.0697.